The van der Waals surface area contributed by atoms with Gasteiger partial charge in [0, 0.05) is 39.3 Å². The second-order valence-electron chi connectivity index (χ2n) is 7.96. The molecule has 2 fully saturated rings. The lowest BCUT2D eigenvalue weighted by atomic mass is 9.92. The first-order valence-electron chi connectivity index (χ1n) is 10.1. The highest BCUT2D eigenvalue weighted by molar-refractivity contribution is 4.75. The van der Waals surface area contributed by atoms with Gasteiger partial charge in [-0.05, 0) is 63.7 Å². The van der Waals surface area contributed by atoms with Gasteiger partial charge in [0.1, 0.15) is 0 Å². The summed E-state index contributed by atoms with van der Waals surface area (Å²) in [5.41, 5.74) is 0. The van der Waals surface area contributed by atoms with E-state index in [-0.39, 0.29) is 0 Å². The molecule has 4 heteroatoms. The van der Waals surface area contributed by atoms with Gasteiger partial charge in [-0.15, -0.1) is 0 Å². The zero-order chi connectivity index (χ0) is 16.3. The van der Waals surface area contributed by atoms with Crippen LogP contribution in [0, 0.1) is 11.8 Å². The molecule has 2 saturated heterocycles. The lowest BCUT2D eigenvalue weighted by Crippen LogP contribution is -2.42. The number of hydrogen-bond acceptors (Lipinski definition) is 4. The Morgan fingerprint density at radius 3 is 2.09 bits per heavy atom. The summed E-state index contributed by atoms with van der Waals surface area (Å²) in [6.45, 7) is 17.0. The Balaban J connectivity index is 1.35. The highest BCUT2D eigenvalue weighted by Crippen LogP contribution is 2.20. The summed E-state index contributed by atoms with van der Waals surface area (Å²) < 4.78 is 0. The van der Waals surface area contributed by atoms with Crippen molar-refractivity contribution in [2.75, 3.05) is 65.4 Å². The minimum Gasteiger partial charge on any atom is -0.315 e. The van der Waals surface area contributed by atoms with Gasteiger partial charge in [0.25, 0.3) is 0 Å². The van der Waals surface area contributed by atoms with Crippen molar-refractivity contribution in [3.05, 3.63) is 0 Å². The van der Waals surface area contributed by atoms with Crippen LogP contribution in [0.15, 0.2) is 0 Å². The molecule has 2 aliphatic rings. The van der Waals surface area contributed by atoms with Crippen LogP contribution in [0.4, 0.5) is 0 Å². The highest BCUT2D eigenvalue weighted by Gasteiger charge is 2.20. The number of rotatable bonds is 10. The summed E-state index contributed by atoms with van der Waals surface area (Å²) >= 11 is 0. The number of nitrogens with one attached hydrogen (secondary N) is 2. The highest BCUT2D eigenvalue weighted by atomic mass is 15.2. The summed E-state index contributed by atoms with van der Waals surface area (Å²) in [4.78, 5) is 5.27. The van der Waals surface area contributed by atoms with Gasteiger partial charge in [0.15, 0.2) is 0 Å². The maximum Gasteiger partial charge on any atom is 0.0107 e. The molecule has 136 valence electrons. The molecule has 0 aromatic rings. The van der Waals surface area contributed by atoms with Crippen molar-refractivity contribution in [1.82, 2.24) is 20.4 Å². The van der Waals surface area contributed by atoms with Gasteiger partial charge in [-0.1, -0.05) is 20.3 Å². The first-order chi connectivity index (χ1) is 11.2. The van der Waals surface area contributed by atoms with Crippen molar-refractivity contribution >= 4 is 0 Å². The quantitative estimate of drug-likeness (QED) is 0.602. The largest absolute Gasteiger partial charge is 0.315 e. The first kappa shape index (κ1) is 19.2. The molecule has 0 aromatic carbocycles. The number of likely N-dealkylation sites (tertiary alicyclic amines) is 2. The normalized spacial score (nSPS) is 27.4. The molecular weight excluding hydrogens is 284 g/mol. The second-order valence-corrected chi connectivity index (χ2v) is 7.96. The molecule has 0 saturated carbocycles. The van der Waals surface area contributed by atoms with Crippen molar-refractivity contribution < 1.29 is 0 Å². The molecule has 0 radical (unpaired) electrons. The molecule has 2 rings (SSSR count). The third kappa shape index (κ3) is 8.48. The molecule has 2 N–H and O–H groups in total. The van der Waals surface area contributed by atoms with Gasteiger partial charge in [0.05, 0.1) is 0 Å². The predicted molar refractivity (Wildman–Crippen MR) is 100 cm³/mol. The topological polar surface area (TPSA) is 30.5 Å². The van der Waals surface area contributed by atoms with Crippen LogP contribution in [0.25, 0.3) is 0 Å². The van der Waals surface area contributed by atoms with Crippen LogP contribution in [0.1, 0.15) is 46.0 Å². The van der Waals surface area contributed by atoms with E-state index in [4.69, 9.17) is 0 Å². The maximum absolute atomic E-state index is 3.59. The van der Waals surface area contributed by atoms with Crippen LogP contribution < -0.4 is 10.6 Å². The predicted octanol–water partition coefficient (Wildman–Crippen LogP) is 2.02. The summed E-state index contributed by atoms with van der Waals surface area (Å²) in [5.74, 6) is 1.75. The van der Waals surface area contributed by atoms with E-state index in [0.717, 1.165) is 31.5 Å². The average molecular weight is 325 g/mol. The van der Waals surface area contributed by atoms with Gasteiger partial charge in [-0.25, -0.2) is 0 Å². The Morgan fingerprint density at radius 1 is 0.739 bits per heavy atom. The van der Waals surface area contributed by atoms with E-state index in [1.165, 1.54) is 77.9 Å². The Kier molecular flexibility index (Phi) is 9.50. The molecule has 0 aromatic heterocycles. The van der Waals surface area contributed by atoms with Crippen LogP contribution >= 0.6 is 0 Å². The lowest BCUT2D eigenvalue weighted by molar-refractivity contribution is 0.142. The standard InChI is InChI=1S/C19H40N4/c1-18-15-19(2)17-23(16-18)14-10-21-9-8-20-7-6-13-22-11-4-3-5-12-22/h18-21H,3-17H2,1-2H3. The summed E-state index contributed by atoms with van der Waals surface area (Å²) in [5, 5.41) is 7.16. The number of piperidine rings is 2. The molecule has 2 unspecified atom stereocenters. The Morgan fingerprint density at radius 2 is 1.39 bits per heavy atom. The second kappa shape index (κ2) is 11.4. The Bertz CT molecular complexity index is 281. The van der Waals surface area contributed by atoms with E-state index < -0.39 is 0 Å². The van der Waals surface area contributed by atoms with E-state index in [9.17, 15) is 0 Å². The van der Waals surface area contributed by atoms with Gasteiger partial charge in [-0.2, -0.15) is 0 Å². The van der Waals surface area contributed by atoms with Crippen molar-refractivity contribution in [3.8, 4) is 0 Å². The zero-order valence-corrected chi connectivity index (χ0v) is 15.7. The SMILES string of the molecule is CC1CC(C)CN(CCNCCNCCCN2CCCCC2)C1. The molecule has 4 nitrogen and oxygen atoms in total. The minimum absolute atomic E-state index is 0.875. The summed E-state index contributed by atoms with van der Waals surface area (Å²) in [7, 11) is 0. The molecule has 0 aliphatic carbocycles. The van der Waals surface area contributed by atoms with Crippen LogP contribution in [0.3, 0.4) is 0 Å². The number of nitrogens with zero attached hydrogens (tertiary/aromatic N) is 2. The van der Waals surface area contributed by atoms with Crippen LogP contribution in [-0.2, 0) is 0 Å². The smallest absolute Gasteiger partial charge is 0.0107 e. The van der Waals surface area contributed by atoms with Crippen LogP contribution in [-0.4, -0.2) is 75.2 Å². The van der Waals surface area contributed by atoms with E-state index in [0.29, 0.717) is 0 Å². The fraction of sp³-hybridized carbons (Fsp3) is 1.00. The minimum atomic E-state index is 0.875. The van der Waals surface area contributed by atoms with Gasteiger partial charge in [0.2, 0.25) is 0 Å². The molecule has 2 aliphatic heterocycles. The molecule has 0 spiro atoms. The van der Waals surface area contributed by atoms with Crippen LogP contribution in [0.5, 0.6) is 0 Å². The monoisotopic (exact) mass is 324 g/mol. The van der Waals surface area contributed by atoms with E-state index in [1.807, 2.05) is 0 Å². The third-order valence-electron chi connectivity index (χ3n) is 5.30. The third-order valence-corrected chi connectivity index (χ3v) is 5.30. The molecule has 0 amide bonds. The maximum atomic E-state index is 3.59. The Labute approximate surface area is 144 Å². The van der Waals surface area contributed by atoms with Crippen LogP contribution in [0.2, 0.25) is 0 Å². The fourth-order valence-corrected chi connectivity index (χ4v) is 4.25. The fourth-order valence-electron chi connectivity index (χ4n) is 4.25. The molecule has 2 atom stereocenters. The zero-order valence-electron chi connectivity index (χ0n) is 15.7. The summed E-state index contributed by atoms with van der Waals surface area (Å²) in [6, 6.07) is 0. The number of hydrogen-bond donors (Lipinski definition) is 2. The van der Waals surface area contributed by atoms with E-state index >= 15 is 0 Å². The molecule has 2 heterocycles. The van der Waals surface area contributed by atoms with E-state index in [2.05, 4.69) is 34.3 Å². The summed E-state index contributed by atoms with van der Waals surface area (Å²) in [6.07, 6.45) is 6.96. The van der Waals surface area contributed by atoms with E-state index in [1.54, 1.807) is 0 Å². The molecular formula is C19H40N4. The lowest BCUT2D eigenvalue weighted by Gasteiger charge is -2.34. The van der Waals surface area contributed by atoms with Gasteiger partial charge < -0.3 is 20.4 Å². The van der Waals surface area contributed by atoms with Crippen molar-refractivity contribution in [1.29, 1.82) is 0 Å². The van der Waals surface area contributed by atoms with Crippen molar-refractivity contribution in [2.45, 2.75) is 46.0 Å². The van der Waals surface area contributed by atoms with Gasteiger partial charge in [-0.3, -0.25) is 0 Å². The first-order valence-corrected chi connectivity index (χ1v) is 10.1. The Hall–Kier alpha value is -0.160. The molecule has 23 heavy (non-hydrogen) atoms. The van der Waals surface area contributed by atoms with Gasteiger partial charge >= 0.3 is 0 Å². The van der Waals surface area contributed by atoms with Crippen molar-refractivity contribution in [2.24, 2.45) is 11.8 Å². The average Bonchev–Trinajstić information content (AvgIpc) is 2.53. The van der Waals surface area contributed by atoms with Crippen molar-refractivity contribution in [3.63, 3.8) is 0 Å². The molecule has 0 bridgehead atoms.